The van der Waals surface area contributed by atoms with Crippen LogP contribution in [-0.2, 0) is 21.7 Å². The van der Waals surface area contributed by atoms with Crippen molar-refractivity contribution in [1.29, 1.82) is 0 Å². The molecule has 0 aliphatic heterocycles. The van der Waals surface area contributed by atoms with Crippen molar-refractivity contribution in [1.82, 2.24) is 0 Å². The quantitative estimate of drug-likeness (QED) is 0.0481. The summed E-state index contributed by atoms with van der Waals surface area (Å²) in [5.74, 6) is 0. The fraction of sp³-hybridized carbons (Fsp3) is 0.407. The molecule has 0 N–H and O–H groups in total. The highest BCUT2D eigenvalue weighted by Crippen LogP contribution is 2.68. The van der Waals surface area contributed by atoms with E-state index in [2.05, 4.69) is 225 Å². The van der Waals surface area contributed by atoms with Crippen molar-refractivity contribution < 1.29 is 8.83 Å². The largest absolute Gasteiger partial charge is 0.456 e. The molecule has 3 nitrogen and oxygen atoms in total. The van der Waals surface area contributed by atoms with Crippen LogP contribution in [-0.4, -0.2) is 0 Å². The number of hydrogen-bond donors (Lipinski definition) is 0. The first-order chi connectivity index (χ1) is 45.9. The van der Waals surface area contributed by atoms with E-state index < -0.39 is 0 Å². The molecule has 0 saturated heterocycles. The van der Waals surface area contributed by atoms with E-state index in [1.54, 1.807) is 22.3 Å². The summed E-state index contributed by atoms with van der Waals surface area (Å²) in [6.45, 7) is 21.5. The van der Waals surface area contributed by atoms with Crippen LogP contribution in [0.5, 0.6) is 0 Å². The first-order valence-corrected chi connectivity index (χ1v) is 37.3. The van der Waals surface area contributed by atoms with Gasteiger partial charge in [0, 0.05) is 65.8 Å². The van der Waals surface area contributed by atoms with Gasteiger partial charge in [-0.05, 0) is 183 Å². The number of fused-ring (bicyclic) bond motifs is 22. The molecule has 4 aliphatic rings. The lowest BCUT2D eigenvalue weighted by Crippen LogP contribution is -2.33. The van der Waals surface area contributed by atoms with Gasteiger partial charge in [-0.15, -0.1) is 0 Å². The Morgan fingerprint density at radius 2 is 0.777 bits per heavy atom. The van der Waals surface area contributed by atoms with E-state index >= 15 is 0 Å². The van der Waals surface area contributed by atoms with E-state index in [-0.39, 0.29) is 21.7 Å². The molecule has 2 aromatic heterocycles. The molecular weight excluding hydrogens is 1140 g/mol. The molecule has 0 radical (unpaired) electrons. The van der Waals surface area contributed by atoms with Crippen LogP contribution in [0, 0.1) is 6.92 Å². The zero-order valence-electron chi connectivity index (χ0n) is 58.2. The molecule has 0 bridgehead atoms. The zero-order chi connectivity index (χ0) is 64.5. The van der Waals surface area contributed by atoms with Crippen LogP contribution in [0.2, 0.25) is 0 Å². The molecule has 94 heavy (non-hydrogen) atoms. The number of nitrogens with zero attached hydrogens (tertiary/aromatic N) is 1. The molecule has 0 fully saturated rings. The van der Waals surface area contributed by atoms with Crippen molar-refractivity contribution in [2.24, 2.45) is 0 Å². The van der Waals surface area contributed by atoms with Crippen LogP contribution in [0.4, 0.5) is 17.1 Å². The Hall–Kier alpha value is -7.62. The van der Waals surface area contributed by atoms with E-state index in [1.807, 2.05) is 0 Å². The van der Waals surface area contributed by atoms with Crippen molar-refractivity contribution in [2.75, 3.05) is 4.90 Å². The molecule has 482 valence electrons. The summed E-state index contributed by atoms with van der Waals surface area (Å²) in [6, 6.07) is 62.0. The monoisotopic (exact) mass is 1240 g/mol. The van der Waals surface area contributed by atoms with E-state index in [4.69, 9.17) is 8.83 Å². The Labute approximate surface area is 561 Å². The first-order valence-electron chi connectivity index (χ1n) is 37.3. The van der Waals surface area contributed by atoms with E-state index in [0.29, 0.717) is 0 Å². The summed E-state index contributed by atoms with van der Waals surface area (Å²) in [5, 5.41) is 5.03. The Kier molecular flexibility index (Phi) is 16.7. The number of para-hydroxylation sites is 2. The summed E-state index contributed by atoms with van der Waals surface area (Å²) in [7, 11) is 0. The summed E-state index contributed by atoms with van der Waals surface area (Å²) in [4.78, 5) is 2.63. The molecule has 0 amide bonds. The first kappa shape index (κ1) is 62.5. The maximum Gasteiger partial charge on any atom is 0.144 e. The zero-order valence-corrected chi connectivity index (χ0v) is 58.2. The number of furan rings is 2. The normalized spacial score (nSPS) is 15.4. The van der Waals surface area contributed by atoms with Gasteiger partial charge in [0.15, 0.2) is 0 Å². The third-order valence-electron chi connectivity index (χ3n) is 23.9. The van der Waals surface area contributed by atoms with Gasteiger partial charge in [-0.2, -0.15) is 0 Å². The minimum atomic E-state index is -0.270. The van der Waals surface area contributed by atoms with Gasteiger partial charge in [-0.1, -0.05) is 280 Å². The molecule has 4 aliphatic carbocycles. The maximum atomic E-state index is 7.55. The molecule has 2 heterocycles. The number of rotatable bonds is 27. The van der Waals surface area contributed by atoms with Gasteiger partial charge in [0.05, 0.1) is 0 Å². The maximum absolute atomic E-state index is 7.55. The number of hydrogen-bond acceptors (Lipinski definition) is 3. The minimum absolute atomic E-state index is 0.135. The summed E-state index contributed by atoms with van der Waals surface area (Å²) >= 11 is 0. The van der Waals surface area contributed by atoms with Gasteiger partial charge in [0.25, 0.3) is 0 Å². The van der Waals surface area contributed by atoms with Crippen LogP contribution < -0.4 is 4.90 Å². The molecule has 15 rings (SSSR count). The van der Waals surface area contributed by atoms with E-state index in [1.165, 1.54) is 252 Å². The lowest BCUT2D eigenvalue weighted by molar-refractivity contribution is 0.369. The average Bonchev–Trinajstić information content (AvgIpc) is 1.50. The van der Waals surface area contributed by atoms with Gasteiger partial charge in [-0.3, -0.25) is 0 Å². The molecule has 0 spiro atoms. The van der Waals surface area contributed by atoms with Crippen molar-refractivity contribution in [3.63, 3.8) is 0 Å². The molecule has 0 atom stereocenters. The third-order valence-corrected chi connectivity index (χ3v) is 23.9. The Balaban J connectivity index is 0.948. The second-order valence-corrected chi connectivity index (χ2v) is 30.5. The summed E-state index contributed by atoms with van der Waals surface area (Å²) < 4.78 is 14.1. The highest BCUT2D eigenvalue weighted by Gasteiger charge is 2.54. The SMILES string of the molecule is CCCCCCCC1(CCCCCCC)c2ccccc2-c2c1c1c(c3c2oc2ccccc23)-c2ccc(N(c3ccc(C)cc3)c3ccc4c(c3)C(C)(C)c3cc5c(cc3-4)C(C)(C)c3ccc4oc6ccccc6c4c3-5)cc2C1(CCCCCCC)CCCCCCC. The highest BCUT2D eigenvalue weighted by molar-refractivity contribution is 6.21. The predicted octanol–water partition coefficient (Wildman–Crippen LogP) is 27.9. The van der Waals surface area contributed by atoms with Crippen LogP contribution in [0.3, 0.4) is 0 Å². The predicted molar refractivity (Wildman–Crippen MR) is 401 cm³/mol. The number of anilines is 3. The number of unbranched alkanes of at least 4 members (excludes halogenated alkanes) is 16. The fourth-order valence-electron chi connectivity index (χ4n) is 19.1. The van der Waals surface area contributed by atoms with Crippen molar-refractivity contribution >= 4 is 60.9 Å². The van der Waals surface area contributed by atoms with Crippen molar-refractivity contribution in [3.8, 4) is 44.5 Å². The highest BCUT2D eigenvalue weighted by atomic mass is 16.3. The molecule has 0 saturated carbocycles. The van der Waals surface area contributed by atoms with Crippen molar-refractivity contribution in [2.45, 2.75) is 238 Å². The molecular formula is C91H101NO2. The second kappa shape index (κ2) is 25.2. The third kappa shape index (κ3) is 9.99. The van der Waals surface area contributed by atoms with Gasteiger partial charge in [0.1, 0.15) is 22.3 Å². The van der Waals surface area contributed by atoms with Crippen LogP contribution >= 0.6 is 0 Å². The number of benzene rings is 9. The Morgan fingerprint density at radius 1 is 0.319 bits per heavy atom. The Morgan fingerprint density at radius 3 is 1.39 bits per heavy atom. The van der Waals surface area contributed by atoms with Crippen LogP contribution in [0.1, 0.15) is 260 Å². The van der Waals surface area contributed by atoms with Crippen LogP contribution in [0.15, 0.2) is 167 Å². The van der Waals surface area contributed by atoms with E-state index in [9.17, 15) is 0 Å². The number of aryl methyl sites for hydroxylation is 1. The summed E-state index contributed by atoms with van der Waals surface area (Å²) in [5.41, 5.74) is 31.3. The van der Waals surface area contributed by atoms with Gasteiger partial charge < -0.3 is 13.7 Å². The topological polar surface area (TPSA) is 29.5 Å². The fourth-order valence-corrected chi connectivity index (χ4v) is 19.1. The second-order valence-electron chi connectivity index (χ2n) is 30.5. The van der Waals surface area contributed by atoms with Crippen LogP contribution in [0.25, 0.3) is 88.4 Å². The molecule has 11 aromatic rings. The smallest absolute Gasteiger partial charge is 0.144 e. The standard InChI is InChI=1S/C91H101NO2/c1-10-14-18-22-32-52-90(53-33-23-19-15-11-2)71-39-29-26-36-65(71)84-86(90)85-82(83-68-38-28-31-41-78(68)94-87(83)84)66-49-47-63(57-76(66)91(85,54-34-24-20-16-12-3)55-35-25-21-17-13-4)92(61-44-42-60(5)43-45-61)62-46-48-64-69-58-75-70(59-74(69)89(8,9)73(64)56-62)80-72(88(75,6)7)50-51-79-81(80)67-37-27-30-40-77(67)93-79/h26-31,36-51,56-59H,10-25,32-35,52-55H2,1-9H3. The molecule has 3 heteroatoms. The molecule has 0 unspecified atom stereocenters. The lowest BCUT2D eigenvalue weighted by atomic mass is 9.62. The van der Waals surface area contributed by atoms with Gasteiger partial charge in [0.2, 0.25) is 0 Å². The average molecular weight is 1240 g/mol. The Bertz CT molecular complexity index is 4620. The minimum Gasteiger partial charge on any atom is -0.456 e. The van der Waals surface area contributed by atoms with E-state index in [0.717, 1.165) is 35.2 Å². The van der Waals surface area contributed by atoms with Gasteiger partial charge >= 0.3 is 0 Å². The summed E-state index contributed by atoms with van der Waals surface area (Å²) in [6.07, 6.45) is 30.0. The van der Waals surface area contributed by atoms with Gasteiger partial charge in [-0.25, -0.2) is 0 Å². The molecule has 9 aromatic carbocycles. The van der Waals surface area contributed by atoms with Crippen molar-refractivity contribution in [3.05, 3.63) is 208 Å². The lowest BCUT2D eigenvalue weighted by Gasteiger charge is -2.40.